The van der Waals surface area contributed by atoms with Gasteiger partial charge >= 0.3 is 0 Å². The van der Waals surface area contributed by atoms with Gasteiger partial charge in [-0.05, 0) is 55.8 Å². The van der Waals surface area contributed by atoms with Crippen LogP contribution in [0, 0.1) is 12.7 Å². The first-order valence-corrected chi connectivity index (χ1v) is 10.8. The summed E-state index contributed by atoms with van der Waals surface area (Å²) in [5.41, 5.74) is 0.297. The average Bonchev–Trinajstić information content (AvgIpc) is 3.12. The second-order valence-electron chi connectivity index (χ2n) is 6.35. The second-order valence-corrected chi connectivity index (χ2v) is 8.41. The number of hydrogen-bond donors (Lipinski definition) is 2. The van der Waals surface area contributed by atoms with Crippen LogP contribution in [0.4, 0.5) is 10.1 Å². The topological polar surface area (TPSA) is 114 Å². The number of benzene rings is 2. The molecule has 0 fully saturated rings. The second kappa shape index (κ2) is 9.23. The van der Waals surface area contributed by atoms with Gasteiger partial charge in [-0.1, -0.05) is 16.8 Å². The number of hydrogen-bond acceptors (Lipinski definition) is 6. The lowest BCUT2D eigenvalue weighted by atomic mass is 10.2. The lowest BCUT2D eigenvalue weighted by Crippen LogP contribution is -2.25. The number of aromatic nitrogens is 2. The van der Waals surface area contributed by atoms with Crippen molar-refractivity contribution < 1.29 is 22.1 Å². The summed E-state index contributed by atoms with van der Waals surface area (Å²) in [5, 5.41) is 6.34. The quantitative estimate of drug-likeness (QED) is 0.507. The summed E-state index contributed by atoms with van der Waals surface area (Å²) in [6.45, 7) is 2.05. The van der Waals surface area contributed by atoms with E-state index in [1.807, 2.05) is 0 Å². The Balaban J connectivity index is 1.65. The van der Waals surface area contributed by atoms with Crippen LogP contribution >= 0.6 is 11.6 Å². The predicted molar refractivity (Wildman–Crippen MR) is 108 cm³/mol. The van der Waals surface area contributed by atoms with Gasteiger partial charge in [-0.15, -0.1) is 0 Å². The fourth-order valence-electron chi connectivity index (χ4n) is 2.56. The highest BCUT2D eigenvalue weighted by Gasteiger charge is 2.20. The molecule has 11 heteroatoms. The smallest absolute Gasteiger partial charge is 0.263 e. The Morgan fingerprint density at radius 2 is 1.93 bits per heavy atom. The van der Waals surface area contributed by atoms with Crippen molar-refractivity contribution in [3.8, 4) is 0 Å². The largest absolute Gasteiger partial charge is 0.352 e. The zero-order valence-corrected chi connectivity index (χ0v) is 17.4. The fraction of sp³-hybridized carbons (Fsp3) is 0.211. The lowest BCUT2D eigenvalue weighted by molar-refractivity contribution is 0.0952. The van der Waals surface area contributed by atoms with Gasteiger partial charge < -0.3 is 9.84 Å². The van der Waals surface area contributed by atoms with Crippen LogP contribution in [0.25, 0.3) is 0 Å². The number of amides is 1. The molecule has 1 aromatic heterocycles. The molecule has 0 radical (unpaired) electrons. The van der Waals surface area contributed by atoms with Gasteiger partial charge in [-0.2, -0.15) is 4.98 Å². The number of anilines is 1. The number of sulfonamides is 1. The molecule has 0 spiro atoms. The maximum Gasteiger partial charge on any atom is 0.263 e. The van der Waals surface area contributed by atoms with Crippen molar-refractivity contribution in [1.82, 2.24) is 15.5 Å². The van der Waals surface area contributed by atoms with E-state index in [0.29, 0.717) is 31.1 Å². The van der Waals surface area contributed by atoms with E-state index in [1.165, 1.54) is 30.3 Å². The number of nitrogens with one attached hydrogen (secondary N) is 2. The molecular weight excluding hydrogens is 435 g/mol. The summed E-state index contributed by atoms with van der Waals surface area (Å²) >= 11 is 6.04. The van der Waals surface area contributed by atoms with Crippen LogP contribution in [0.3, 0.4) is 0 Å². The molecule has 3 rings (SSSR count). The van der Waals surface area contributed by atoms with Crippen LogP contribution < -0.4 is 10.0 Å². The molecule has 0 aliphatic carbocycles. The Morgan fingerprint density at radius 3 is 2.60 bits per heavy atom. The van der Waals surface area contributed by atoms with Crippen LogP contribution in [-0.2, 0) is 16.4 Å². The number of carbonyl (C=O) groups is 1. The Hall–Kier alpha value is -2.98. The molecule has 2 N–H and O–H groups in total. The third-order valence-electron chi connectivity index (χ3n) is 4.00. The number of halogens is 2. The summed E-state index contributed by atoms with van der Waals surface area (Å²) in [6, 6.07) is 8.75. The first kappa shape index (κ1) is 21.7. The SMILES string of the molecule is Cc1noc(CCCNC(=O)c2ccc(Cl)c(S(=O)(=O)Nc3ccc(F)cc3)c2)n1. The van der Waals surface area contributed by atoms with Crippen LogP contribution in [0.15, 0.2) is 51.9 Å². The standard InChI is InChI=1S/C19H18ClFN4O4S/c1-12-23-18(29-24-12)3-2-10-22-19(26)13-4-9-16(20)17(11-13)30(27,28)25-15-7-5-14(21)6-8-15/h4-9,11,25H,2-3,10H2,1H3,(H,22,26). The molecule has 0 aliphatic heterocycles. The summed E-state index contributed by atoms with van der Waals surface area (Å²) < 4.78 is 45.6. The molecule has 0 aliphatic rings. The molecule has 0 saturated carbocycles. The normalized spacial score (nSPS) is 11.3. The summed E-state index contributed by atoms with van der Waals surface area (Å²) in [4.78, 5) is 16.2. The molecule has 3 aromatic rings. The van der Waals surface area contributed by atoms with Crippen molar-refractivity contribution in [2.75, 3.05) is 11.3 Å². The van der Waals surface area contributed by atoms with E-state index in [4.69, 9.17) is 16.1 Å². The molecule has 158 valence electrons. The first-order chi connectivity index (χ1) is 14.2. The molecule has 1 heterocycles. The Kier molecular flexibility index (Phi) is 6.68. The van der Waals surface area contributed by atoms with Crippen molar-refractivity contribution in [3.63, 3.8) is 0 Å². The van der Waals surface area contributed by atoms with Crippen molar-refractivity contribution in [1.29, 1.82) is 0 Å². The van der Waals surface area contributed by atoms with Gasteiger partial charge in [0, 0.05) is 24.2 Å². The van der Waals surface area contributed by atoms with Gasteiger partial charge in [-0.3, -0.25) is 9.52 Å². The third-order valence-corrected chi connectivity index (χ3v) is 5.86. The van der Waals surface area contributed by atoms with Crippen LogP contribution in [0.5, 0.6) is 0 Å². The number of aryl methyl sites for hydroxylation is 2. The van der Waals surface area contributed by atoms with E-state index < -0.39 is 21.7 Å². The monoisotopic (exact) mass is 452 g/mol. The van der Waals surface area contributed by atoms with Crippen LogP contribution in [0.2, 0.25) is 5.02 Å². The van der Waals surface area contributed by atoms with E-state index in [2.05, 4.69) is 20.2 Å². The number of carbonyl (C=O) groups excluding carboxylic acids is 1. The zero-order chi connectivity index (χ0) is 21.7. The minimum Gasteiger partial charge on any atom is -0.352 e. The van der Waals surface area contributed by atoms with Gasteiger partial charge in [0.2, 0.25) is 5.89 Å². The Labute approximate surface area is 177 Å². The van der Waals surface area contributed by atoms with E-state index >= 15 is 0 Å². The Morgan fingerprint density at radius 1 is 1.20 bits per heavy atom. The van der Waals surface area contributed by atoms with Crippen molar-refractivity contribution in [2.45, 2.75) is 24.7 Å². The minimum atomic E-state index is -4.08. The highest BCUT2D eigenvalue weighted by molar-refractivity contribution is 7.92. The molecular formula is C19H18ClFN4O4S. The minimum absolute atomic E-state index is 0.0482. The van der Waals surface area contributed by atoms with Crippen molar-refractivity contribution >= 4 is 33.2 Å². The van der Waals surface area contributed by atoms with Crippen molar-refractivity contribution in [2.24, 2.45) is 0 Å². The average molecular weight is 453 g/mol. The number of nitrogens with zero attached hydrogens (tertiary/aromatic N) is 2. The summed E-state index contributed by atoms with van der Waals surface area (Å²) in [6.07, 6.45) is 1.07. The molecule has 0 bridgehead atoms. The molecule has 0 unspecified atom stereocenters. The molecule has 1 amide bonds. The van der Waals surface area contributed by atoms with E-state index in [0.717, 1.165) is 12.1 Å². The Bertz CT molecular complexity index is 1150. The molecule has 8 nitrogen and oxygen atoms in total. The first-order valence-electron chi connectivity index (χ1n) is 8.90. The zero-order valence-electron chi connectivity index (χ0n) is 15.9. The summed E-state index contributed by atoms with van der Waals surface area (Å²) in [5.74, 6) is 0.0714. The highest BCUT2D eigenvalue weighted by atomic mass is 35.5. The van der Waals surface area contributed by atoms with Crippen molar-refractivity contribution in [3.05, 3.63) is 70.6 Å². The summed E-state index contributed by atoms with van der Waals surface area (Å²) in [7, 11) is -4.08. The predicted octanol–water partition coefficient (Wildman–Crippen LogP) is 3.33. The molecule has 0 atom stereocenters. The van der Waals surface area contributed by atoms with Gasteiger partial charge in [0.05, 0.1) is 5.02 Å². The van der Waals surface area contributed by atoms with Gasteiger partial charge in [-0.25, -0.2) is 12.8 Å². The van der Waals surface area contributed by atoms with E-state index in [-0.39, 0.29) is 21.2 Å². The van der Waals surface area contributed by atoms with Crippen LogP contribution in [-0.4, -0.2) is 31.0 Å². The van der Waals surface area contributed by atoms with Gasteiger partial charge in [0.1, 0.15) is 10.7 Å². The molecule has 30 heavy (non-hydrogen) atoms. The van der Waals surface area contributed by atoms with E-state index in [9.17, 15) is 17.6 Å². The maximum absolute atomic E-state index is 13.0. The fourth-order valence-corrected chi connectivity index (χ4v) is 4.15. The molecule has 2 aromatic carbocycles. The number of rotatable bonds is 8. The molecule has 0 saturated heterocycles. The van der Waals surface area contributed by atoms with E-state index in [1.54, 1.807) is 6.92 Å². The highest BCUT2D eigenvalue weighted by Crippen LogP contribution is 2.25. The van der Waals surface area contributed by atoms with Gasteiger partial charge in [0.15, 0.2) is 5.82 Å². The van der Waals surface area contributed by atoms with Crippen LogP contribution in [0.1, 0.15) is 28.5 Å². The maximum atomic E-state index is 13.0. The third kappa shape index (κ3) is 5.55. The van der Waals surface area contributed by atoms with Gasteiger partial charge in [0.25, 0.3) is 15.9 Å². The lowest BCUT2D eigenvalue weighted by Gasteiger charge is -2.11.